The maximum atomic E-state index is 13.3. The molecule has 1 aliphatic rings. The van der Waals surface area contributed by atoms with Crippen molar-refractivity contribution in [1.29, 1.82) is 0 Å². The predicted molar refractivity (Wildman–Crippen MR) is 122 cm³/mol. The van der Waals surface area contributed by atoms with Crippen LogP contribution in [0.5, 0.6) is 0 Å². The number of amides is 2. The van der Waals surface area contributed by atoms with Crippen LogP contribution in [0.4, 0.5) is 0 Å². The molecule has 11 heteroatoms. The monoisotopic (exact) mass is 476 g/mol. The molecule has 1 fully saturated rings. The lowest BCUT2D eigenvalue weighted by Crippen LogP contribution is -2.53. The molecular weight excluding hydrogens is 444 g/mol. The molecule has 34 heavy (non-hydrogen) atoms. The fourth-order valence-corrected chi connectivity index (χ4v) is 4.10. The van der Waals surface area contributed by atoms with E-state index >= 15 is 0 Å². The molecule has 0 bridgehead atoms. The van der Waals surface area contributed by atoms with Gasteiger partial charge in [0.05, 0.1) is 17.7 Å². The maximum Gasteiger partial charge on any atom is 0.335 e. The Morgan fingerprint density at radius 3 is 2.71 bits per heavy atom. The minimum absolute atomic E-state index is 0.0492. The Morgan fingerprint density at radius 1 is 1.35 bits per heavy atom. The van der Waals surface area contributed by atoms with Crippen molar-refractivity contribution in [3.8, 4) is 0 Å². The fraction of sp³-hybridized carbons (Fsp3) is 0.565. The van der Waals surface area contributed by atoms with Crippen molar-refractivity contribution < 1.29 is 33.8 Å². The van der Waals surface area contributed by atoms with Gasteiger partial charge in [-0.25, -0.2) is 9.78 Å². The summed E-state index contributed by atoms with van der Waals surface area (Å²) in [5.41, 5.74) is 6.75. The molecule has 1 aliphatic heterocycles. The zero-order valence-electron chi connectivity index (χ0n) is 19.6. The molecule has 5 N–H and O–H groups in total. The van der Waals surface area contributed by atoms with E-state index < -0.39 is 36.1 Å². The van der Waals surface area contributed by atoms with Crippen LogP contribution in [0.15, 0.2) is 22.6 Å². The predicted octanol–water partition coefficient (Wildman–Crippen LogP) is 1.06. The van der Waals surface area contributed by atoms with Gasteiger partial charge in [-0.05, 0) is 43.4 Å². The quantitative estimate of drug-likeness (QED) is 0.392. The van der Waals surface area contributed by atoms with Crippen molar-refractivity contribution in [3.05, 3.63) is 29.7 Å². The van der Waals surface area contributed by atoms with Gasteiger partial charge in [-0.15, -0.1) is 0 Å². The van der Waals surface area contributed by atoms with Crippen LogP contribution in [0.1, 0.15) is 55.4 Å². The summed E-state index contributed by atoms with van der Waals surface area (Å²) in [6.45, 7) is 3.94. The Hall–Kier alpha value is -3.02. The van der Waals surface area contributed by atoms with Crippen LogP contribution in [0.25, 0.3) is 11.1 Å². The van der Waals surface area contributed by atoms with Crippen molar-refractivity contribution in [2.45, 2.75) is 57.3 Å². The standard InChI is InChI=1S/C23H32N4O7/c1-12(2)18(24)22(30)27-9-4-5-15(27)20(29)26-19(17(33-3)8-10-28)21-25-14-11-13(23(31)32)6-7-16(14)34-21/h6-7,11-12,15,17-19,28H,4-5,8-10,24H2,1-3H3,(H,26,29)(H,31,32)/t15-,17?,18-,19-/m0/s1. The van der Waals surface area contributed by atoms with E-state index in [4.69, 9.17) is 14.9 Å². The summed E-state index contributed by atoms with van der Waals surface area (Å²) in [7, 11) is 1.44. The molecule has 3 rings (SSSR count). The fourth-order valence-electron chi connectivity index (χ4n) is 4.10. The van der Waals surface area contributed by atoms with E-state index in [9.17, 15) is 24.6 Å². The van der Waals surface area contributed by atoms with Gasteiger partial charge in [0.15, 0.2) is 5.58 Å². The lowest BCUT2D eigenvalue weighted by atomic mass is 10.0. The van der Waals surface area contributed by atoms with Gasteiger partial charge in [-0.3, -0.25) is 9.59 Å². The molecule has 2 aromatic rings. The molecule has 1 saturated heterocycles. The number of likely N-dealkylation sites (tertiary alicyclic amines) is 1. The molecule has 0 saturated carbocycles. The summed E-state index contributed by atoms with van der Waals surface area (Å²) in [6.07, 6.45) is 0.670. The number of ether oxygens (including phenoxy) is 1. The molecule has 2 heterocycles. The van der Waals surface area contributed by atoms with E-state index in [0.29, 0.717) is 30.5 Å². The zero-order chi connectivity index (χ0) is 25.0. The molecule has 2 amide bonds. The number of nitrogens with two attached hydrogens (primary N) is 1. The van der Waals surface area contributed by atoms with Crippen LogP contribution in [-0.4, -0.2) is 76.3 Å². The van der Waals surface area contributed by atoms with E-state index in [1.165, 1.54) is 30.2 Å². The second-order valence-electron chi connectivity index (χ2n) is 8.77. The average Bonchev–Trinajstić information content (AvgIpc) is 3.46. The minimum atomic E-state index is -1.10. The number of carbonyl (C=O) groups excluding carboxylic acids is 2. The summed E-state index contributed by atoms with van der Waals surface area (Å²) in [4.78, 5) is 43.3. The first-order valence-electron chi connectivity index (χ1n) is 11.3. The third-order valence-corrected chi connectivity index (χ3v) is 6.14. The summed E-state index contributed by atoms with van der Waals surface area (Å²) in [5, 5.41) is 21.6. The normalized spacial score (nSPS) is 18.8. The Kier molecular flexibility index (Phi) is 8.24. The molecule has 11 nitrogen and oxygen atoms in total. The highest BCUT2D eigenvalue weighted by Gasteiger charge is 2.39. The van der Waals surface area contributed by atoms with Crippen molar-refractivity contribution >= 4 is 28.9 Å². The van der Waals surface area contributed by atoms with Gasteiger partial charge in [0.25, 0.3) is 0 Å². The third-order valence-electron chi connectivity index (χ3n) is 6.14. The highest BCUT2D eigenvalue weighted by molar-refractivity contribution is 5.92. The first-order chi connectivity index (χ1) is 16.2. The van der Waals surface area contributed by atoms with Crippen molar-refractivity contribution in [1.82, 2.24) is 15.2 Å². The number of rotatable bonds is 10. The van der Waals surface area contributed by atoms with E-state index in [-0.39, 0.29) is 36.3 Å². The second kappa shape index (κ2) is 10.9. The van der Waals surface area contributed by atoms with Gasteiger partial charge in [0.1, 0.15) is 17.6 Å². The summed E-state index contributed by atoms with van der Waals surface area (Å²) in [6, 6.07) is 1.99. The Labute approximate surface area is 197 Å². The molecule has 0 radical (unpaired) electrons. The van der Waals surface area contributed by atoms with Gasteiger partial charge in [0.2, 0.25) is 17.7 Å². The first kappa shape index (κ1) is 25.6. The molecule has 0 spiro atoms. The van der Waals surface area contributed by atoms with Crippen LogP contribution in [0.2, 0.25) is 0 Å². The van der Waals surface area contributed by atoms with Gasteiger partial charge in [0, 0.05) is 20.3 Å². The van der Waals surface area contributed by atoms with Crippen LogP contribution in [0.3, 0.4) is 0 Å². The van der Waals surface area contributed by atoms with E-state index in [1.54, 1.807) is 0 Å². The molecule has 1 unspecified atom stereocenters. The molecule has 4 atom stereocenters. The molecule has 0 aliphatic carbocycles. The number of hydrogen-bond acceptors (Lipinski definition) is 8. The Balaban J connectivity index is 1.89. The van der Waals surface area contributed by atoms with Crippen LogP contribution in [0, 0.1) is 5.92 Å². The number of hydrogen-bond donors (Lipinski definition) is 4. The highest BCUT2D eigenvalue weighted by Crippen LogP contribution is 2.27. The number of carbonyl (C=O) groups is 3. The van der Waals surface area contributed by atoms with Gasteiger partial charge in [-0.1, -0.05) is 13.8 Å². The van der Waals surface area contributed by atoms with E-state index in [0.717, 1.165) is 0 Å². The number of oxazole rings is 1. The summed E-state index contributed by atoms with van der Waals surface area (Å²) in [5.74, 6) is -1.73. The van der Waals surface area contributed by atoms with E-state index in [1.807, 2.05) is 13.8 Å². The Bertz CT molecular complexity index is 1040. The maximum absolute atomic E-state index is 13.3. The highest BCUT2D eigenvalue weighted by atomic mass is 16.5. The number of nitrogens with zero attached hydrogens (tertiary/aromatic N) is 2. The largest absolute Gasteiger partial charge is 0.478 e. The zero-order valence-corrected chi connectivity index (χ0v) is 19.6. The lowest BCUT2D eigenvalue weighted by Gasteiger charge is -2.30. The minimum Gasteiger partial charge on any atom is -0.478 e. The number of carboxylic acid groups (broad SMARTS) is 1. The summed E-state index contributed by atoms with van der Waals surface area (Å²) >= 11 is 0. The van der Waals surface area contributed by atoms with Crippen LogP contribution in [-0.2, 0) is 14.3 Å². The number of aliphatic hydroxyl groups is 1. The van der Waals surface area contributed by atoms with E-state index in [2.05, 4.69) is 10.3 Å². The molecule has 186 valence electrons. The topological polar surface area (TPSA) is 168 Å². The number of aromatic nitrogens is 1. The molecular formula is C23H32N4O7. The molecule has 1 aromatic heterocycles. The number of aliphatic hydroxyl groups excluding tert-OH is 1. The number of methoxy groups -OCH3 is 1. The average molecular weight is 477 g/mol. The smallest absolute Gasteiger partial charge is 0.335 e. The Morgan fingerprint density at radius 2 is 2.09 bits per heavy atom. The number of fused-ring (bicyclic) bond motifs is 1. The second-order valence-corrected chi connectivity index (χ2v) is 8.77. The van der Waals surface area contributed by atoms with Crippen LogP contribution < -0.4 is 11.1 Å². The number of nitrogens with one attached hydrogen (secondary N) is 1. The number of carboxylic acids is 1. The lowest BCUT2D eigenvalue weighted by molar-refractivity contribution is -0.140. The van der Waals surface area contributed by atoms with Crippen LogP contribution >= 0.6 is 0 Å². The molecule has 1 aromatic carbocycles. The summed E-state index contributed by atoms with van der Waals surface area (Å²) < 4.78 is 11.3. The van der Waals surface area contributed by atoms with Crippen molar-refractivity contribution in [2.75, 3.05) is 20.3 Å². The SMILES string of the molecule is COC(CCO)[C@H](NC(=O)[C@@H]1CCCN1C(=O)[C@@H](N)C(C)C)c1nc2cc(C(=O)O)ccc2o1. The third kappa shape index (κ3) is 5.37. The number of benzene rings is 1. The van der Waals surface area contributed by atoms with Crippen molar-refractivity contribution in [2.24, 2.45) is 11.7 Å². The number of aromatic carboxylic acids is 1. The van der Waals surface area contributed by atoms with Gasteiger partial charge in [-0.2, -0.15) is 0 Å². The van der Waals surface area contributed by atoms with Gasteiger partial charge >= 0.3 is 5.97 Å². The van der Waals surface area contributed by atoms with Gasteiger partial charge < -0.3 is 35.3 Å². The van der Waals surface area contributed by atoms with Crippen molar-refractivity contribution in [3.63, 3.8) is 0 Å². The first-order valence-corrected chi connectivity index (χ1v) is 11.3.